The van der Waals surface area contributed by atoms with Crippen LogP contribution in [0.5, 0.6) is 11.5 Å². The summed E-state index contributed by atoms with van der Waals surface area (Å²) in [5, 5.41) is 3.00. The van der Waals surface area contributed by atoms with Crippen molar-refractivity contribution in [2.45, 2.75) is 44.7 Å². The van der Waals surface area contributed by atoms with Crippen molar-refractivity contribution >= 4 is 24.2 Å². The van der Waals surface area contributed by atoms with Gasteiger partial charge in [-0.05, 0) is 37.5 Å². The normalized spacial score (nSPS) is 15.5. The van der Waals surface area contributed by atoms with E-state index >= 15 is 0 Å². The number of carbonyl (C=O) groups excluding carboxylic acids is 2. The van der Waals surface area contributed by atoms with E-state index in [0.29, 0.717) is 36.6 Å². The minimum atomic E-state index is -0.452. The highest BCUT2D eigenvalue weighted by Crippen LogP contribution is 2.28. The number of rotatable bonds is 7. The molecule has 0 aromatic heterocycles. The van der Waals surface area contributed by atoms with Crippen LogP contribution >= 0.6 is 12.4 Å². The van der Waals surface area contributed by atoms with Crippen molar-refractivity contribution in [1.82, 2.24) is 10.2 Å². The van der Waals surface area contributed by atoms with Gasteiger partial charge in [0.1, 0.15) is 0 Å². The summed E-state index contributed by atoms with van der Waals surface area (Å²) in [7, 11) is 3.11. The molecule has 0 bridgehead atoms. The summed E-state index contributed by atoms with van der Waals surface area (Å²) in [5.74, 6) is 0.981. The second-order valence-electron chi connectivity index (χ2n) is 6.54. The van der Waals surface area contributed by atoms with Crippen molar-refractivity contribution in [3.8, 4) is 11.5 Å². The molecule has 1 heterocycles. The van der Waals surface area contributed by atoms with E-state index in [0.717, 1.165) is 19.3 Å². The van der Waals surface area contributed by atoms with Crippen LogP contribution in [0.4, 0.5) is 0 Å². The lowest BCUT2D eigenvalue weighted by atomic mass is 10.0. The zero-order valence-corrected chi connectivity index (χ0v) is 17.0. The maximum atomic E-state index is 12.7. The highest BCUT2D eigenvalue weighted by Gasteiger charge is 2.26. The predicted octanol–water partition coefficient (Wildman–Crippen LogP) is 1.97. The molecule has 1 aliphatic heterocycles. The first-order valence-electron chi connectivity index (χ1n) is 9.07. The monoisotopic (exact) mass is 399 g/mol. The van der Waals surface area contributed by atoms with Gasteiger partial charge >= 0.3 is 0 Å². The molecule has 1 aromatic rings. The average Bonchev–Trinajstić information content (AvgIpc) is 2.67. The van der Waals surface area contributed by atoms with Gasteiger partial charge in [-0.2, -0.15) is 0 Å². The van der Waals surface area contributed by atoms with Crippen molar-refractivity contribution in [2.24, 2.45) is 5.73 Å². The Kier molecular flexibility index (Phi) is 9.38. The fourth-order valence-electron chi connectivity index (χ4n) is 3.13. The van der Waals surface area contributed by atoms with Crippen LogP contribution < -0.4 is 20.5 Å². The van der Waals surface area contributed by atoms with Gasteiger partial charge in [0.25, 0.3) is 5.91 Å². The Morgan fingerprint density at radius 2 is 1.85 bits per heavy atom. The summed E-state index contributed by atoms with van der Waals surface area (Å²) in [6, 6.07) is 4.78. The number of methoxy groups -OCH3 is 2. The first-order chi connectivity index (χ1) is 12.5. The molecule has 1 aromatic carbocycles. The minimum absolute atomic E-state index is 0. The number of benzene rings is 1. The molecule has 2 amide bonds. The molecule has 3 N–H and O–H groups in total. The summed E-state index contributed by atoms with van der Waals surface area (Å²) >= 11 is 0. The number of hydrogen-bond donors (Lipinski definition) is 2. The van der Waals surface area contributed by atoms with E-state index in [-0.39, 0.29) is 30.3 Å². The molecule has 0 aliphatic carbocycles. The SMILES string of the molecule is CCCC(N)C(=O)NC1CCN(C(=O)c2ccc(OC)c(OC)c2)CC1.Cl. The molecular formula is C19H30ClN3O4. The number of nitrogens with one attached hydrogen (secondary N) is 1. The Morgan fingerprint density at radius 3 is 2.41 bits per heavy atom. The molecule has 1 atom stereocenters. The van der Waals surface area contributed by atoms with E-state index in [2.05, 4.69) is 5.32 Å². The number of likely N-dealkylation sites (tertiary alicyclic amines) is 1. The smallest absolute Gasteiger partial charge is 0.253 e. The molecule has 8 heteroatoms. The van der Waals surface area contributed by atoms with Crippen LogP contribution in [0.25, 0.3) is 0 Å². The molecule has 0 saturated carbocycles. The number of nitrogens with zero attached hydrogens (tertiary/aromatic N) is 1. The topological polar surface area (TPSA) is 93.9 Å². The van der Waals surface area contributed by atoms with E-state index in [9.17, 15) is 9.59 Å². The predicted molar refractivity (Wildman–Crippen MR) is 107 cm³/mol. The molecule has 0 spiro atoms. The second-order valence-corrected chi connectivity index (χ2v) is 6.54. The summed E-state index contributed by atoms with van der Waals surface area (Å²) in [6.07, 6.45) is 3.02. The van der Waals surface area contributed by atoms with E-state index in [1.807, 2.05) is 6.92 Å². The first-order valence-corrected chi connectivity index (χ1v) is 9.07. The minimum Gasteiger partial charge on any atom is -0.493 e. The zero-order valence-electron chi connectivity index (χ0n) is 16.2. The number of piperidine rings is 1. The number of nitrogens with two attached hydrogens (primary N) is 1. The Labute approximate surface area is 167 Å². The molecule has 152 valence electrons. The molecule has 1 unspecified atom stereocenters. The van der Waals surface area contributed by atoms with E-state index < -0.39 is 6.04 Å². The Hall–Kier alpha value is -1.99. The van der Waals surface area contributed by atoms with Gasteiger partial charge in [0.15, 0.2) is 11.5 Å². The number of ether oxygens (including phenoxy) is 2. The Balaban J connectivity index is 0.00000364. The lowest BCUT2D eigenvalue weighted by Crippen LogP contribution is -2.50. The summed E-state index contributed by atoms with van der Waals surface area (Å²) in [5.41, 5.74) is 6.41. The summed E-state index contributed by atoms with van der Waals surface area (Å²) < 4.78 is 10.5. The molecule has 2 rings (SSSR count). The standard InChI is InChI=1S/C19H29N3O4.ClH/c1-4-5-15(20)18(23)21-14-8-10-22(11-9-14)19(24)13-6-7-16(25-2)17(12-13)26-3;/h6-7,12,14-15H,4-5,8-11,20H2,1-3H3,(H,21,23);1H. The fourth-order valence-corrected chi connectivity index (χ4v) is 3.13. The van der Waals surface area contributed by atoms with Crippen LogP contribution in [0.1, 0.15) is 43.0 Å². The highest BCUT2D eigenvalue weighted by molar-refractivity contribution is 5.95. The Morgan fingerprint density at radius 1 is 1.22 bits per heavy atom. The molecule has 1 aliphatic rings. The lowest BCUT2D eigenvalue weighted by molar-refractivity contribution is -0.123. The molecular weight excluding hydrogens is 370 g/mol. The average molecular weight is 400 g/mol. The zero-order chi connectivity index (χ0) is 19.1. The van der Waals surface area contributed by atoms with Gasteiger partial charge in [0, 0.05) is 24.7 Å². The van der Waals surface area contributed by atoms with Crippen LogP contribution in [-0.4, -0.2) is 56.1 Å². The van der Waals surface area contributed by atoms with Crippen molar-refractivity contribution in [2.75, 3.05) is 27.3 Å². The maximum Gasteiger partial charge on any atom is 0.253 e. The molecule has 0 radical (unpaired) electrons. The molecule has 7 nitrogen and oxygen atoms in total. The molecule has 27 heavy (non-hydrogen) atoms. The van der Waals surface area contributed by atoms with Crippen molar-refractivity contribution < 1.29 is 19.1 Å². The largest absolute Gasteiger partial charge is 0.493 e. The van der Waals surface area contributed by atoms with Gasteiger partial charge in [-0.25, -0.2) is 0 Å². The van der Waals surface area contributed by atoms with E-state index in [1.54, 1.807) is 37.3 Å². The number of carbonyl (C=O) groups is 2. The molecule has 1 saturated heterocycles. The van der Waals surface area contributed by atoms with Gasteiger partial charge in [0.2, 0.25) is 5.91 Å². The third-order valence-corrected chi connectivity index (χ3v) is 4.70. The lowest BCUT2D eigenvalue weighted by Gasteiger charge is -2.33. The van der Waals surface area contributed by atoms with Crippen LogP contribution in [0, 0.1) is 0 Å². The van der Waals surface area contributed by atoms with Crippen LogP contribution in [0.2, 0.25) is 0 Å². The second kappa shape index (κ2) is 11.0. The molecule has 1 fully saturated rings. The van der Waals surface area contributed by atoms with Gasteiger partial charge in [-0.15, -0.1) is 12.4 Å². The van der Waals surface area contributed by atoms with Crippen molar-refractivity contribution in [1.29, 1.82) is 0 Å². The van der Waals surface area contributed by atoms with Crippen LogP contribution in [0.3, 0.4) is 0 Å². The van der Waals surface area contributed by atoms with Crippen molar-refractivity contribution in [3.63, 3.8) is 0 Å². The van der Waals surface area contributed by atoms with Crippen LogP contribution in [-0.2, 0) is 4.79 Å². The number of hydrogen-bond acceptors (Lipinski definition) is 5. The van der Waals surface area contributed by atoms with Crippen LogP contribution in [0.15, 0.2) is 18.2 Å². The number of amides is 2. The third kappa shape index (κ3) is 6.01. The van der Waals surface area contributed by atoms with Gasteiger partial charge < -0.3 is 25.4 Å². The van der Waals surface area contributed by atoms with E-state index in [1.165, 1.54) is 0 Å². The van der Waals surface area contributed by atoms with Gasteiger partial charge in [-0.1, -0.05) is 13.3 Å². The Bertz CT molecular complexity index is 633. The number of halogens is 1. The maximum absolute atomic E-state index is 12.7. The summed E-state index contributed by atoms with van der Waals surface area (Å²) in [4.78, 5) is 26.5. The quantitative estimate of drug-likeness (QED) is 0.731. The van der Waals surface area contributed by atoms with E-state index in [4.69, 9.17) is 15.2 Å². The third-order valence-electron chi connectivity index (χ3n) is 4.70. The fraction of sp³-hybridized carbons (Fsp3) is 0.579. The van der Waals surface area contributed by atoms with Gasteiger partial charge in [-0.3, -0.25) is 9.59 Å². The van der Waals surface area contributed by atoms with Crippen molar-refractivity contribution in [3.05, 3.63) is 23.8 Å². The first kappa shape index (κ1) is 23.0. The summed E-state index contributed by atoms with van der Waals surface area (Å²) in [6.45, 7) is 3.20. The van der Waals surface area contributed by atoms with Gasteiger partial charge in [0.05, 0.1) is 20.3 Å². The highest BCUT2D eigenvalue weighted by atomic mass is 35.5.